The fourth-order valence-corrected chi connectivity index (χ4v) is 4.76. The number of thiazole rings is 1. The molecule has 3 N–H and O–H groups in total. The molecule has 9 nitrogen and oxygen atoms in total. The molecule has 0 aliphatic heterocycles. The summed E-state index contributed by atoms with van der Waals surface area (Å²) in [4.78, 5) is 47.7. The van der Waals surface area contributed by atoms with E-state index in [1.807, 2.05) is 47.5 Å². The fraction of sp³-hybridized carbons (Fsp3) is 0.333. The lowest BCUT2D eigenvalue weighted by Crippen LogP contribution is -2.39. The van der Waals surface area contributed by atoms with Gasteiger partial charge >= 0.3 is 5.69 Å². The quantitative estimate of drug-likeness (QED) is 0.400. The second-order valence-electron chi connectivity index (χ2n) is 8.75. The van der Waals surface area contributed by atoms with Crippen molar-refractivity contribution >= 4 is 27.8 Å². The lowest BCUT2D eigenvalue weighted by atomic mass is 10.1. The number of nitrogens with zero attached hydrogens (tertiary/aromatic N) is 4. The van der Waals surface area contributed by atoms with Crippen LogP contribution >= 0.6 is 11.3 Å². The van der Waals surface area contributed by atoms with Crippen LogP contribution in [0.1, 0.15) is 37.2 Å². The topological polar surface area (TPSA) is 118 Å². The Hall–Kier alpha value is -3.66. The Bertz CT molecular complexity index is 1480. The van der Waals surface area contributed by atoms with E-state index < -0.39 is 11.2 Å². The molecule has 34 heavy (non-hydrogen) atoms. The molecule has 0 spiro atoms. The summed E-state index contributed by atoms with van der Waals surface area (Å²) in [5, 5.41) is 1.88. The Balaban J connectivity index is 1.78. The van der Waals surface area contributed by atoms with Crippen molar-refractivity contribution in [1.82, 2.24) is 18.9 Å². The summed E-state index contributed by atoms with van der Waals surface area (Å²) in [5.41, 5.74) is 7.61. The molecule has 3 aromatic heterocycles. The average molecular weight is 481 g/mol. The van der Waals surface area contributed by atoms with E-state index in [1.54, 1.807) is 4.40 Å². The van der Waals surface area contributed by atoms with Crippen LogP contribution in [0, 0.1) is 12.8 Å². The number of anilines is 2. The first-order valence-corrected chi connectivity index (χ1v) is 12.0. The van der Waals surface area contributed by atoms with Gasteiger partial charge in [-0.25, -0.2) is 9.78 Å². The largest absolute Gasteiger partial charge is 0.383 e. The number of nitrogen functional groups attached to an aromatic ring is 1. The summed E-state index contributed by atoms with van der Waals surface area (Å²) in [6.07, 6.45) is 0.788. The number of hydrogen-bond donors (Lipinski definition) is 2. The summed E-state index contributed by atoms with van der Waals surface area (Å²) in [5.74, 6) is 0.463. The van der Waals surface area contributed by atoms with E-state index in [-0.39, 0.29) is 30.2 Å². The zero-order valence-corrected chi connectivity index (χ0v) is 20.3. The van der Waals surface area contributed by atoms with E-state index >= 15 is 0 Å². The third-order valence-corrected chi connectivity index (χ3v) is 6.62. The molecule has 3 heterocycles. The first kappa shape index (κ1) is 23.5. The van der Waals surface area contributed by atoms with Gasteiger partial charge in [-0.3, -0.25) is 23.5 Å². The molecule has 0 aliphatic carbocycles. The first-order valence-electron chi connectivity index (χ1n) is 11.1. The Labute approximate surface area is 200 Å². The number of H-pyrrole nitrogens is 1. The van der Waals surface area contributed by atoms with Crippen LogP contribution in [-0.2, 0) is 13.1 Å². The minimum Gasteiger partial charge on any atom is -0.383 e. The van der Waals surface area contributed by atoms with Gasteiger partial charge in [-0.2, -0.15) is 0 Å². The molecule has 1 aromatic carbocycles. The Morgan fingerprint density at radius 1 is 1.18 bits per heavy atom. The lowest BCUT2D eigenvalue weighted by molar-refractivity contribution is 0.567. The molecular formula is C24H28N6O3S. The number of benzene rings is 1. The Morgan fingerprint density at radius 2 is 1.91 bits per heavy atom. The van der Waals surface area contributed by atoms with Gasteiger partial charge in [-0.1, -0.05) is 44.2 Å². The minimum absolute atomic E-state index is 0.0890. The van der Waals surface area contributed by atoms with Crippen LogP contribution < -0.4 is 27.4 Å². The number of nitrogens with two attached hydrogens (primary N) is 1. The molecule has 10 heteroatoms. The molecule has 0 radical (unpaired) electrons. The van der Waals surface area contributed by atoms with Crippen LogP contribution in [0.15, 0.2) is 56.2 Å². The minimum atomic E-state index is -0.564. The average Bonchev–Trinajstić information content (AvgIpc) is 3.16. The number of hydrogen-bond acceptors (Lipinski definition) is 7. The lowest BCUT2D eigenvalue weighted by Gasteiger charge is -2.26. The molecule has 0 aliphatic rings. The molecule has 4 rings (SSSR count). The molecule has 0 saturated heterocycles. The van der Waals surface area contributed by atoms with Crippen molar-refractivity contribution in [1.29, 1.82) is 0 Å². The van der Waals surface area contributed by atoms with Crippen LogP contribution in [0.4, 0.5) is 11.5 Å². The number of aromatic nitrogens is 4. The molecule has 178 valence electrons. The number of aryl methyl sites for hydroxylation is 1. The summed E-state index contributed by atoms with van der Waals surface area (Å²) in [7, 11) is 0. The van der Waals surface area contributed by atoms with E-state index in [9.17, 15) is 14.4 Å². The van der Waals surface area contributed by atoms with Crippen LogP contribution in [0.3, 0.4) is 0 Å². The van der Waals surface area contributed by atoms with Gasteiger partial charge in [0, 0.05) is 23.7 Å². The molecule has 0 atom stereocenters. The maximum atomic E-state index is 12.9. The van der Waals surface area contributed by atoms with Crippen molar-refractivity contribution in [2.24, 2.45) is 5.92 Å². The van der Waals surface area contributed by atoms with Crippen LogP contribution in [-0.4, -0.2) is 25.5 Å². The second kappa shape index (κ2) is 9.68. The van der Waals surface area contributed by atoms with Gasteiger partial charge in [0.2, 0.25) is 0 Å². The molecule has 4 aromatic rings. The van der Waals surface area contributed by atoms with Crippen molar-refractivity contribution in [3.05, 3.63) is 89.9 Å². The highest BCUT2D eigenvalue weighted by atomic mass is 32.1. The maximum Gasteiger partial charge on any atom is 0.330 e. The van der Waals surface area contributed by atoms with Crippen molar-refractivity contribution in [2.75, 3.05) is 17.2 Å². The Kier molecular flexibility index (Phi) is 6.69. The summed E-state index contributed by atoms with van der Waals surface area (Å²) < 4.78 is 2.93. The smallest absolute Gasteiger partial charge is 0.330 e. The van der Waals surface area contributed by atoms with Gasteiger partial charge in [0.1, 0.15) is 11.5 Å². The second-order valence-corrected chi connectivity index (χ2v) is 9.59. The van der Waals surface area contributed by atoms with Crippen molar-refractivity contribution in [3.63, 3.8) is 0 Å². The Morgan fingerprint density at radius 3 is 2.62 bits per heavy atom. The van der Waals surface area contributed by atoms with E-state index in [4.69, 9.17) is 5.73 Å². The predicted octanol–water partition coefficient (Wildman–Crippen LogP) is 2.60. The maximum absolute atomic E-state index is 12.9. The highest BCUT2D eigenvalue weighted by Crippen LogP contribution is 2.21. The van der Waals surface area contributed by atoms with Gasteiger partial charge < -0.3 is 10.6 Å². The zero-order valence-electron chi connectivity index (χ0n) is 19.4. The van der Waals surface area contributed by atoms with Gasteiger partial charge in [-0.05, 0) is 24.8 Å². The van der Waals surface area contributed by atoms with Crippen molar-refractivity contribution in [3.8, 4) is 0 Å². The van der Waals surface area contributed by atoms with Gasteiger partial charge in [0.05, 0.1) is 18.8 Å². The van der Waals surface area contributed by atoms with Crippen LogP contribution in [0.5, 0.6) is 0 Å². The van der Waals surface area contributed by atoms with E-state index in [1.165, 1.54) is 22.0 Å². The monoisotopic (exact) mass is 480 g/mol. The summed E-state index contributed by atoms with van der Waals surface area (Å²) in [6.45, 7) is 7.00. The highest BCUT2D eigenvalue weighted by Gasteiger charge is 2.21. The van der Waals surface area contributed by atoms with Gasteiger partial charge in [0.25, 0.3) is 11.1 Å². The molecule has 0 unspecified atom stereocenters. The third kappa shape index (κ3) is 4.81. The molecular weight excluding hydrogens is 452 g/mol. The number of rotatable bonds is 8. The fourth-order valence-electron chi connectivity index (χ4n) is 3.87. The van der Waals surface area contributed by atoms with E-state index in [0.29, 0.717) is 23.1 Å². The number of fused-ring (bicyclic) bond motifs is 1. The molecule has 0 fully saturated rings. The normalized spacial score (nSPS) is 11.4. The number of nitrogens with one attached hydrogen (secondary N) is 1. The first-order chi connectivity index (χ1) is 16.2. The predicted molar refractivity (Wildman–Crippen MR) is 136 cm³/mol. The molecule has 0 saturated carbocycles. The highest BCUT2D eigenvalue weighted by molar-refractivity contribution is 7.15. The van der Waals surface area contributed by atoms with Crippen molar-refractivity contribution < 1.29 is 0 Å². The van der Waals surface area contributed by atoms with Gasteiger partial charge in [-0.15, -0.1) is 11.3 Å². The van der Waals surface area contributed by atoms with E-state index in [2.05, 4.69) is 23.8 Å². The number of aromatic amines is 1. The van der Waals surface area contributed by atoms with Crippen molar-refractivity contribution in [2.45, 2.75) is 40.3 Å². The molecule has 0 amide bonds. The summed E-state index contributed by atoms with van der Waals surface area (Å²) >= 11 is 1.39. The van der Waals surface area contributed by atoms with Crippen LogP contribution in [0.2, 0.25) is 0 Å². The third-order valence-electron chi connectivity index (χ3n) is 5.67. The summed E-state index contributed by atoms with van der Waals surface area (Å²) in [6, 6.07) is 10.9. The molecule has 0 bridgehead atoms. The zero-order chi connectivity index (χ0) is 24.4. The van der Waals surface area contributed by atoms with Gasteiger partial charge in [0.15, 0.2) is 4.96 Å². The van der Waals surface area contributed by atoms with Crippen LogP contribution in [0.25, 0.3) is 4.96 Å². The SMILES string of the molecule is Cc1csc2nc(CN(CCC(C)C)c3c(N)n(Cc4ccccc4)c(=O)[nH]c3=O)cc(=O)n12. The standard InChI is InChI=1S/C24H28N6O3S/c1-15(2)9-10-28(13-18-11-19(31)30-16(3)14-34-24(30)26-18)20-21(25)29(23(33)27-22(20)32)12-17-7-5-4-6-8-17/h4-8,11,14-15H,9-10,12-13,25H2,1-3H3,(H,27,32,33). The van der Waals surface area contributed by atoms with E-state index in [0.717, 1.165) is 17.7 Å².